The molecule has 1 unspecified atom stereocenters. The maximum atomic E-state index is 14.2. The summed E-state index contributed by atoms with van der Waals surface area (Å²) >= 11 is 6.30. The number of halogens is 1. The SMILES string of the molecule is CCC(C(=O)NC(C)(C)C)N(Cc1ccc(OC)cc1)C(=O)CN(c1cc(Cl)ccc1C)S(=O)(=O)c1ccc(C)cc1. The third kappa shape index (κ3) is 8.26. The minimum absolute atomic E-state index is 0.0412. The Hall–Kier alpha value is -3.56. The van der Waals surface area contributed by atoms with Crippen molar-refractivity contribution in [1.29, 1.82) is 0 Å². The van der Waals surface area contributed by atoms with Gasteiger partial charge in [-0.2, -0.15) is 0 Å². The molecule has 8 nitrogen and oxygen atoms in total. The zero-order valence-corrected chi connectivity index (χ0v) is 26.8. The first-order valence-corrected chi connectivity index (χ1v) is 15.6. The maximum absolute atomic E-state index is 14.2. The molecule has 2 amide bonds. The monoisotopic (exact) mass is 613 g/mol. The van der Waals surface area contributed by atoms with Crippen LogP contribution in [-0.4, -0.2) is 50.4 Å². The van der Waals surface area contributed by atoms with Gasteiger partial charge in [0, 0.05) is 17.1 Å². The molecule has 42 heavy (non-hydrogen) atoms. The van der Waals surface area contributed by atoms with E-state index in [2.05, 4.69) is 5.32 Å². The fourth-order valence-corrected chi connectivity index (χ4v) is 6.14. The number of sulfonamides is 1. The molecule has 1 atom stereocenters. The first-order valence-electron chi connectivity index (χ1n) is 13.8. The van der Waals surface area contributed by atoms with Crippen molar-refractivity contribution in [3.8, 4) is 5.75 Å². The van der Waals surface area contributed by atoms with Gasteiger partial charge in [0.05, 0.1) is 17.7 Å². The lowest BCUT2D eigenvalue weighted by atomic mass is 10.1. The molecule has 1 N–H and O–H groups in total. The Bertz CT molecular complexity index is 1500. The molecular weight excluding hydrogens is 574 g/mol. The number of rotatable bonds is 11. The standard InChI is InChI=1S/C32H40ClN3O5S/c1-8-28(31(38)34-32(4,5)6)35(20-24-12-15-26(41-7)16-13-24)30(37)21-36(29-19-25(33)14-11-23(29)3)42(39,40)27-17-9-22(2)10-18-27/h9-19,28H,8,20-21H2,1-7H3,(H,34,38). The Kier molecular flexibility index (Phi) is 10.7. The molecule has 3 rings (SSSR count). The Morgan fingerprint density at radius 3 is 2.14 bits per heavy atom. The number of ether oxygens (including phenoxy) is 1. The number of benzene rings is 3. The summed E-state index contributed by atoms with van der Waals surface area (Å²) in [4.78, 5) is 29.2. The van der Waals surface area contributed by atoms with Crippen LogP contribution in [0.15, 0.2) is 71.6 Å². The smallest absolute Gasteiger partial charge is 0.264 e. The zero-order valence-electron chi connectivity index (χ0n) is 25.3. The first-order chi connectivity index (χ1) is 19.7. The van der Waals surface area contributed by atoms with Gasteiger partial charge in [-0.1, -0.05) is 54.4 Å². The molecule has 3 aromatic carbocycles. The fraction of sp³-hybridized carbons (Fsp3) is 0.375. The molecule has 10 heteroatoms. The third-order valence-electron chi connectivity index (χ3n) is 6.72. The van der Waals surface area contributed by atoms with Gasteiger partial charge in [-0.25, -0.2) is 8.42 Å². The molecule has 0 radical (unpaired) electrons. The molecule has 0 aliphatic carbocycles. The van der Waals surface area contributed by atoms with Gasteiger partial charge in [0.1, 0.15) is 18.3 Å². The number of carbonyl (C=O) groups excluding carboxylic acids is 2. The highest BCUT2D eigenvalue weighted by molar-refractivity contribution is 7.92. The molecule has 0 saturated heterocycles. The van der Waals surface area contributed by atoms with E-state index in [-0.39, 0.29) is 23.0 Å². The molecule has 0 aromatic heterocycles. The highest BCUT2D eigenvalue weighted by atomic mass is 35.5. The number of hydrogen-bond acceptors (Lipinski definition) is 5. The lowest BCUT2D eigenvalue weighted by molar-refractivity contribution is -0.141. The second-order valence-electron chi connectivity index (χ2n) is 11.3. The molecule has 0 saturated carbocycles. The molecule has 0 aliphatic heterocycles. The van der Waals surface area contributed by atoms with Crippen molar-refractivity contribution in [3.05, 3.63) is 88.4 Å². The Balaban J connectivity index is 2.11. The van der Waals surface area contributed by atoms with Crippen LogP contribution in [0, 0.1) is 13.8 Å². The van der Waals surface area contributed by atoms with Crippen LogP contribution in [0.2, 0.25) is 5.02 Å². The largest absolute Gasteiger partial charge is 0.497 e. The van der Waals surface area contributed by atoms with Crippen LogP contribution in [0.3, 0.4) is 0 Å². The number of methoxy groups -OCH3 is 1. The van der Waals surface area contributed by atoms with E-state index in [1.54, 1.807) is 50.4 Å². The van der Waals surface area contributed by atoms with Gasteiger partial charge in [0.25, 0.3) is 10.0 Å². The first kappa shape index (κ1) is 32.9. The lowest BCUT2D eigenvalue weighted by Gasteiger charge is -2.35. The van der Waals surface area contributed by atoms with Gasteiger partial charge in [0.15, 0.2) is 0 Å². The van der Waals surface area contributed by atoms with Crippen LogP contribution in [0.4, 0.5) is 5.69 Å². The Morgan fingerprint density at radius 1 is 0.976 bits per heavy atom. The van der Waals surface area contributed by atoms with E-state index in [0.717, 1.165) is 15.4 Å². The fourth-order valence-electron chi connectivity index (χ4n) is 4.50. The van der Waals surface area contributed by atoms with Crippen LogP contribution in [0.25, 0.3) is 0 Å². The van der Waals surface area contributed by atoms with Crippen molar-refractivity contribution in [1.82, 2.24) is 10.2 Å². The van der Waals surface area contributed by atoms with E-state index in [0.29, 0.717) is 22.8 Å². The summed E-state index contributed by atoms with van der Waals surface area (Å²) in [6.45, 7) is 10.6. The molecule has 3 aromatic rings. The van der Waals surface area contributed by atoms with Crippen molar-refractivity contribution in [2.24, 2.45) is 0 Å². The highest BCUT2D eigenvalue weighted by Crippen LogP contribution is 2.30. The number of nitrogens with one attached hydrogen (secondary N) is 1. The predicted octanol–water partition coefficient (Wildman–Crippen LogP) is 5.88. The minimum atomic E-state index is -4.19. The van der Waals surface area contributed by atoms with Crippen molar-refractivity contribution in [3.63, 3.8) is 0 Å². The molecular formula is C32H40ClN3O5S. The second kappa shape index (κ2) is 13.6. The van der Waals surface area contributed by atoms with Gasteiger partial charge in [0.2, 0.25) is 11.8 Å². The van der Waals surface area contributed by atoms with Crippen LogP contribution in [-0.2, 0) is 26.2 Å². The second-order valence-corrected chi connectivity index (χ2v) is 13.6. The van der Waals surface area contributed by atoms with Gasteiger partial charge in [-0.3, -0.25) is 13.9 Å². The number of nitrogens with zero attached hydrogens (tertiary/aromatic N) is 2. The molecule has 0 bridgehead atoms. The average molecular weight is 614 g/mol. The number of carbonyl (C=O) groups is 2. The highest BCUT2D eigenvalue weighted by Gasteiger charge is 2.35. The summed E-state index contributed by atoms with van der Waals surface area (Å²) in [5.41, 5.74) is 2.04. The van der Waals surface area contributed by atoms with Crippen LogP contribution in [0.1, 0.15) is 50.8 Å². The van der Waals surface area contributed by atoms with E-state index in [1.807, 2.05) is 46.8 Å². The Morgan fingerprint density at radius 2 is 1.60 bits per heavy atom. The molecule has 226 valence electrons. The number of aryl methyl sites for hydroxylation is 2. The number of anilines is 1. The molecule has 0 aliphatic rings. The van der Waals surface area contributed by atoms with E-state index >= 15 is 0 Å². The zero-order chi connectivity index (χ0) is 31.2. The maximum Gasteiger partial charge on any atom is 0.264 e. The predicted molar refractivity (Wildman–Crippen MR) is 167 cm³/mol. The van der Waals surface area contributed by atoms with Gasteiger partial charge >= 0.3 is 0 Å². The number of hydrogen-bond donors (Lipinski definition) is 1. The average Bonchev–Trinajstić information content (AvgIpc) is 2.92. The van der Waals surface area contributed by atoms with Crippen molar-refractivity contribution in [2.75, 3.05) is 18.0 Å². The van der Waals surface area contributed by atoms with Gasteiger partial charge < -0.3 is 15.0 Å². The topological polar surface area (TPSA) is 96.0 Å². The van der Waals surface area contributed by atoms with E-state index in [9.17, 15) is 18.0 Å². The molecule has 0 spiro atoms. The van der Waals surface area contributed by atoms with Crippen molar-refractivity contribution < 1.29 is 22.7 Å². The van der Waals surface area contributed by atoms with E-state index in [4.69, 9.17) is 16.3 Å². The van der Waals surface area contributed by atoms with Gasteiger partial charge in [-0.15, -0.1) is 0 Å². The summed E-state index contributed by atoms with van der Waals surface area (Å²) in [5, 5.41) is 3.30. The van der Waals surface area contributed by atoms with Crippen molar-refractivity contribution in [2.45, 2.75) is 71.0 Å². The summed E-state index contributed by atoms with van der Waals surface area (Å²) in [6.07, 6.45) is 0.324. The summed E-state index contributed by atoms with van der Waals surface area (Å²) in [6, 6.07) is 17.7. The van der Waals surface area contributed by atoms with Gasteiger partial charge in [-0.05, 0) is 88.6 Å². The molecule has 0 heterocycles. The number of amides is 2. The lowest BCUT2D eigenvalue weighted by Crippen LogP contribution is -2.55. The normalized spacial score (nSPS) is 12.4. The van der Waals surface area contributed by atoms with E-state index < -0.39 is 34.1 Å². The summed E-state index contributed by atoms with van der Waals surface area (Å²) in [5.74, 6) is -0.198. The van der Waals surface area contributed by atoms with Crippen molar-refractivity contribution >= 4 is 39.1 Å². The van der Waals surface area contributed by atoms with Crippen LogP contribution in [0.5, 0.6) is 5.75 Å². The third-order valence-corrected chi connectivity index (χ3v) is 8.73. The minimum Gasteiger partial charge on any atom is -0.497 e. The van der Waals surface area contributed by atoms with Crippen LogP contribution < -0.4 is 14.4 Å². The Labute approximate surface area is 254 Å². The van der Waals surface area contributed by atoms with E-state index in [1.165, 1.54) is 23.1 Å². The molecule has 0 fully saturated rings. The van der Waals surface area contributed by atoms with Crippen LogP contribution >= 0.6 is 11.6 Å². The summed E-state index contributed by atoms with van der Waals surface area (Å²) < 4.78 is 34.5. The summed E-state index contributed by atoms with van der Waals surface area (Å²) in [7, 11) is -2.63. The quantitative estimate of drug-likeness (QED) is 0.291.